The predicted octanol–water partition coefficient (Wildman–Crippen LogP) is 14.8. The van der Waals surface area contributed by atoms with E-state index in [1.165, 1.54) is 199 Å². The molecule has 0 saturated heterocycles. The van der Waals surface area contributed by atoms with Crippen LogP contribution in [-0.4, -0.2) is 46.9 Å². The second-order valence-corrected chi connectivity index (χ2v) is 17.6. The van der Waals surface area contributed by atoms with Crippen LogP contribution in [-0.2, 0) is 14.3 Å². The van der Waals surface area contributed by atoms with Crippen molar-refractivity contribution in [2.45, 2.75) is 302 Å². The summed E-state index contributed by atoms with van der Waals surface area (Å²) in [6.45, 7) is 6.48. The molecule has 1 amide bonds. The third-order valence-corrected chi connectivity index (χ3v) is 11.9. The maximum absolute atomic E-state index is 13.1. The molecule has 0 aromatic rings. The number of ether oxygens (including phenoxy) is 1. The molecule has 0 aliphatic rings. The SMILES string of the molecule is CCCCCCCCCCCCCCCCCCCC(=O)OC(CCCCCCCCC)CC(=O)NC(CO)C(O)CCCCCCCCCCCCCCC. The lowest BCUT2D eigenvalue weighted by Gasteiger charge is -2.24. The fourth-order valence-electron chi connectivity index (χ4n) is 8.08. The van der Waals surface area contributed by atoms with E-state index in [1.54, 1.807) is 0 Å². The van der Waals surface area contributed by atoms with Crippen LogP contribution in [0.2, 0.25) is 0 Å². The molecule has 6 heteroatoms. The molecule has 0 saturated carbocycles. The number of rotatable bonds is 46. The lowest BCUT2D eigenvalue weighted by molar-refractivity contribution is -0.151. The van der Waals surface area contributed by atoms with Crippen molar-refractivity contribution < 1.29 is 24.5 Å². The fourth-order valence-corrected chi connectivity index (χ4v) is 8.08. The van der Waals surface area contributed by atoms with Crippen molar-refractivity contribution in [2.75, 3.05) is 6.61 Å². The molecule has 0 aliphatic heterocycles. The summed E-state index contributed by atoms with van der Waals surface area (Å²) in [6.07, 6.45) is 47.5. The number of aliphatic hydroxyl groups is 2. The van der Waals surface area contributed by atoms with Crippen LogP contribution in [0.1, 0.15) is 284 Å². The number of hydrogen-bond donors (Lipinski definition) is 3. The zero-order valence-corrected chi connectivity index (χ0v) is 38.0. The van der Waals surface area contributed by atoms with Crippen LogP contribution in [0, 0.1) is 0 Å². The minimum Gasteiger partial charge on any atom is -0.462 e. The van der Waals surface area contributed by atoms with Gasteiger partial charge in [-0.2, -0.15) is 0 Å². The quantitative estimate of drug-likeness (QED) is 0.0421. The number of hydrogen-bond acceptors (Lipinski definition) is 5. The average Bonchev–Trinajstić information content (AvgIpc) is 3.19. The van der Waals surface area contributed by atoms with Crippen molar-refractivity contribution in [3.8, 4) is 0 Å². The number of aliphatic hydroxyl groups excluding tert-OH is 2. The molecule has 6 nitrogen and oxygen atoms in total. The van der Waals surface area contributed by atoms with Crippen molar-refractivity contribution >= 4 is 11.9 Å². The second-order valence-electron chi connectivity index (χ2n) is 17.6. The first-order valence-electron chi connectivity index (χ1n) is 25.3. The Labute approximate surface area is 349 Å². The van der Waals surface area contributed by atoms with Gasteiger partial charge < -0.3 is 20.3 Å². The van der Waals surface area contributed by atoms with Gasteiger partial charge in [-0.3, -0.25) is 9.59 Å². The van der Waals surface area contributed by atoms with Crippen molar-refractivity contribution in [1.29, 1.82) is 0 Å². The van der Waals surface area contributed by atoms with E-state index in [4.69, 9.17) is 4.74 Å². The molecule has 56 heavy (non-hydrogen) atoms. The van der Waals surface area contributed by atoms with E-state index in [9.17, 15) is 19.8 Å². The van der Waals surface area contributed by atoms with Gasteiger partial charge in [-0.05, 0) is 25.7 Å². The predicted molar refractivity (Wildman–Crippen MR) is 241 cm³/mol. The van der Waals surface area contributed by atoms with Crippen LogP contribution in [0.5, 0.6) is 0 Å². The van der Waals surface area contributed by atoms with E-state index in [1.807, 2.05) is 0 Å². The third kappa shape index (κ3) is 39.7. The largest absolute Gasteiger partial charge is 0.462 e. The van der Waals surface area contributed by atoms with Gasteiger partial charge in [0, 0.05) is 6.42 Å². The zero-order valence-electron chi connectivity index (χ0n) is 38.0. The van der Waals surface area contributed by atoms with Gasteiger partial charge in [0.2, 0.25) is 5.91 Å². The Morgan fingerprint density at radius 2 is 0.750 bits per heavy atom. The summed E-state index contributed by atoms with van der Waals surface area (Å²) in [5.74, 6) is -0.458. The summed E-state index contributed by atoms with van der Waals surface area (Å²) in [7, 11) is 0. The number of carbonyl (C=O) groups excluding carboxylic acids is 2. The van der Waals surface area contributed by atoms with Crippen molar-refractivity contribution in [3.05, 3.63) is 0 Å². The van der Waals surface area contributed by atoms with E-state index >= 15 is 0 Å². The summed E-state index contributed by atoms with van der Waals surface area (Å²) in [5.41, 5.74) is 0. The minimum absolute atomic E-state index is 0.0859. The molecule has 0 radical (unpaired) electrons. The highest BCUT2D eigenvalue weighted by Gasteiger charge is 2.24. The Bertz CT molecular complexity index is 806. The molecular formula is C50H99NO5. The zero-order chi connectivity index (χ0) is 41.0. The normalized spacial score (nSPS) is 13.2. The van der Waals surface area contributed by atoms with E-state index in [0.29, 0.717) is 19.3 Å². The summed E-state index contributed by atoms with van der Waals surface area (Å²) >= 11 is 0. The van der Waals surface area contributed by atoms with Crippen LogP contribution < -0.4 is 5.32 Å². The van der Waals surface area contributed by atoms with Gasteiger partial charge in [0.15, 0.2) is 0 Å². The number of amides is 1. The summed E-state index contributed by atoms with van der Waals surface area (Å²) in [5, 5.41) is 23.7. The Hall–Kier alpha value is -1.14. The number of carbonyl (C=O) groups is 2. The van der Waals surface area contributed by atoms with E-state index in [-0.39, 0.29) is 24.9 Å². The monoisotopic (exact) mass is 794 g/mol. The Balaban J connectivity index is 4.31. The van der Waals surface area contributed by atoms with Crippen LogP contribution >= 0.6 is 0 Å². The lowest BCUT2D eigenvalue weighted by atomic mass is 10.0. The average molecular weight is 794 g/mol. The van der Waals surface area contributed by atoms with Gasteiger partial charge in [-0.15, -0.1) is 0 Å². The van der Waals surface area contributed by atoms with E-state index < -0.39 is 18.2 Å². The smallest absolute Gasteiger partial charge is 0.306 e. The topological polar surface area (TPSA) is 95.9 Å². The number of nitrogens with one attached hydrogen (secondary N) is 1. The minimum atomic E-state index is -0.777. The second kappa shape index (κ2) is 45.0. The molecular weight excluding hydrogens is 695 g/mol. The molecule has 0 bridgehead atoms. The fraction of sp³-hybridized carbons (Fsp3) is 0.960. The van der Waals surface area contributed by atoms with Crippen molar-refractivity contribution in [3.63, 3.8) is 0 Å². The summed E-state index contributed by atoms with van der Waals surface area (Å²) < 4.78 is 5.90. The Morgan fingerprint density at radius 3 is 1.09 bits per heavy atom. The summed E-state index contributed by atoms with van der Waals surface area (Å²) in [4.78, 5) is 26.0. The van der Waals surface area contributed by atoms with Gasteiger partial charge in [-0.25, -0.2) is 0 Å². The number of esters is 1. The molecule has 0 aromatic heterocycles. The van der Waals surface area contributed by atoms with E-state index in [0.717, 1.165) is 38.5 Å². The van der Waals surface area contributed by atoms with Gasteiger partial charge in [0.05, 0.1) is 25.2 Å². The van der Waals surface area contributed by atoms with Crippen LogP contribution in [0.4, 0.5) is 0 Å². The van der Waals surface area contributed by atoms with Gasteiger partial charge in [-0.1, -0.05) is 245 Å². The standard InChI is InChI=1S/C50H99NO5/c1-4-7-10-13-16-18-20-22-23-24-25-27-29-31-34-37-40-43-50(55)56-46(41-38-35-32-15-12-9-6-3)44-49(54)51-47(45-52)48(53)42-39-36-33-30-28-26-21-19-17-14-11-8-5-2/h46-48,52-53H,4-45H2,1-3H3,(H,51,54). The molecule has 3 unspecified atom stereocenters. The highest BCUT2D eigenvalue weighted by molar-refractivity contribution is 5.77. The van der Waals surface area contributed by atoms with Crippen molar-refractivity contribution in [1.82, 2.24) is 5.32 Å². The van der Waals surface area contributed by atoms with Crippen LogP contribution in [0.3, 0.4) is 0 Å². The van der Waals surface area contributed by atoms with Gasteiger partial charge in [0.1, 0.15) is 6.10 Å². The molecule has 334 valence electrons. The highest BCUT2D eigenvalue weighted by atomic mass is 16.5. The first-order valence-corrected chi connectivity index (χ1v) is 25.3. The van der Waals surface area contributed by atoms with Gasteiger partial charge in [0.25, 0.3) is 0 Å². The molecule has 0 rings (SSSR count). The van der Waals surface area contributed by atoms with Gasteiger partial charge >= 0.3 is 5.97 Å². The highest BCUT2D eigenvalue weighted by Crippen LogP contribution is 2.18. The first kappa shape index (κ1) is 54.9. The molecule has 0 heterocycles. The van der Waals surface area contributed by atoms with E-state index in [2.05, 4.69) is 26.1 Å². The molecule has 0 aliphatic carbocycles. The Morgan fingerprint density at radius 1 is 0.446 bits per heavy atom. The first-order chi connectivity index (χ1) is 27.5. The molecule has 0 spiro atoms. The molecule has 3 atom stereocenters. The molecule has 0 fully saturated rings. The summed E-state index contributed by atoms with van der Waals surface area (Å²) in [6, 6.07) is -0.690. The van der Waals surface area contributed by atoms with Crippen LogP contribution in [0.15, 0.2) is 0 Å². The maximum atomic E-state index is 13.1. The lowest BCUT2D eigenvalue weighted by Crippen LogP contribution is -2.46. The maximum Gasteiger partial charge on any atom is 0.306 e. The third-order valence-electron chi connectivity index (χ3n) is 11.9. The molecule has 0 aromatic carbocycles. The van der Waals surface area contributed by atoms with Crippen molar-refractivity contribution in [2.24, 2.45) is 0 Å². The molecule has 3 N–H and O–H groups in total. The Kier molecular flexibility index (Phi) is 44.0. The van der Waals surface area contributed by atoms with Crippen LogP contribution in [0.25, 0.3) is 0 Å². The number of unbranched alkanes of at least 4 members (excludes halogenated alkanes) is 34.